The molecule has 0 aliphatic rings. The zero-order valence-electron chi connectivity index (χ0n) is 12.4. The van der Waals surface area contributed by atoms with E-state index in [2.05, 4.69) is 15.0 Å². The van der Waals surface area contributed by atoms with E-state index in [1.54, 1.807) is 19.1 Å². The Labute approximate surface area is 133 Å². The maximum absolute atomic E-state index is 13.2. The van der Waals surface area contributed by atoms with Crippen molar-refractivity contribution in [2.24, 2.45) is 0 Å². The van der Waals surface area contributed by atoms with E-state index in [4.69, 9.17) is 0 Å². The van der Waals surface area contributed by atoms with Crippen LogP contribution in [0.3, 0.4) is 0 Å². The fourth-order valence-electron chi connectivity index (χ4n) is 1.82. The van der Waals surface area contributed by atoms with Gasteiger partial charge < -0.3 is 5.32 Å². The summed E-state index contributed by atoms with van der Waals surface area (Å²) in [7, 11) is -3.61. The molecule has 0 aliphatic carbocycles. The zero-order chi connectivity index (χ0) is 16.9. The second-order valence-corrected chi connectivity index (χ2v) is 6.70. The van der Waals surface area contributed by atoms with E-state index in [1.165, 1.54) is 30.5 Å². The average molecular weight is 337 g/mol. The Hall–Kier alpha value is -2.48. The largest absolute Gasteiger partial charge is 0.351 e. The van der Waals surface area contributed by atoms with E-state index in [0.29, 0.717) is 5.56 Å². The summed E-state index contributed by atoms with van der Waals surface area (Å²) in [6.45, 7) is 1.48. The number of sulfonamides is 1. The molecular formula is C15H16FN3O3S. The summed E-state index contributed by atoms with van der Waals surface area (Å²) in [4.78, 5) is 15.8. The molecule has 2 rings (SSSR count). The standard InChI is InChI=1S/C15H16FN3O3S/c1-11-10-12(5-6-13(11)16)15(20)18-8-9-23(21,22)19-14-4-2-3-7-17-14/h2-7,10H,8-9H2,1H3,(H,17,19)(H,18,20). The summed E-state index contributed by atoms with van der Waals surface area (Å²) in [5.41, 5.74) is 0.626. The van der Waals surface area contributed by atoms with Crippen LogP contribution in [0.5, 0.6) is 0 Å². The lowest BCUT2D eigenvalue weighted by Crippen LogP contribution is -2.31. The van der Waals surface area contributed by atoms with Crippen LogP contribution in [0.25, 0.3) is 0 Å². The molecule has 1 aromatic heterocycles. The van der Waals surface area contributed by atoms with Crippen molar-refractivity contribution in [3.8, 4) is 0 Å². The third-order valence-corrected chi connectivity index (χ3v) is 4.26. The molecule has 0 fully saturated rings. The molecule has 8 heteroatoms. The molecule has 0 unspecified atom stereocenters. The molecule has 0 atom stereocenters. The van der Waals surface area contributed by atoms with E-state index in [-0.39, 0.29) is 23.7 Å². The van der Waals surface area contributed by atoms with E-state index in [9.17, 15) is 17.6 Å². The van der Waals surface area contributed by atoms with Gasteiger partial charge in [-0.15, -0.1) is 0 Å². The molecule has 0 bridgehead atoms. The van der Waals surface area contributed by atoms with Gasteiger partial charge in [-0.25, -0.2) is 17.8 Å². The number of rotatable bonds is 6. The maximum Gasteiger partial charge on any atom is 0.251 e. The molecule has 1 heterocycles. The SMILES string of the molecule is Cc1cc(C(=O)NCCS(=O)(=O)Nc2ccccn2)ccc1F. The Morgan fingerprint density at radius 3 is 2.70 bits per heavy atom. The number of benzene rings is 1. The summed E-state index contributed by atoms with van der Waals surface area (Å²) < 4.78 is 39.2. The second kappa shape index (κ2) is 7.19. The molecule has 2 N–H and O–H groups in total. The van der Waals surface area contributed by atoms with Crippen molar-refractivity contribution in [2.75, 3.05) is 17.0 Å². The molecule has 0 radical (unpaired) electrons. The van der Waals surface area contributed by atoms with Crippen LogP contribution in [0, 0.1) is 12.7 Å². The topological polar surface area (TPSA) is 88.2 Å². The van der Waals surface area contributed by atoms with Crippen molar-refractivity contribution in [1.29, 1.82) is 0 Å². The third kappa shape index (κ3) is 5.03. The van der Waals surface area contributed by atoms with Gasteiger partial charge in [-0.2, -0.15) is 0 Å². The van der Waals surface area contributed by atoms with E-state index >= 15 is 0 Å². The Bertz CT molecular complexity index is 795. The van der Waals surface area contributed by atoms with Crippen molar-refractivity contribution in [2.45, 2.75) is 6.92 Å². The molecule has 1 aromatic carbocycles. The van der Waals surface area contributed by atoms with Gasteiger partial charge in [0.2, 0.25) is 10.0 Å². The molecule has 0 saturated carbocycles. The fourth-order valence-corrected chi connectivity index (χ4v) is 2.73. The number of carbonyl (C=O) groups excluding carboxylic acids is 1. The quantitative estimate of drug-likeness (QED) is 0.840. The van der Waals surface area contributed by atoms with Crippen LogP contribution in [0.2, 0.25) is 0 Å². The molecule has 122 valence electrons. The second-order valence-electron chi connectivity index (χ2n) is 4.86. The van der Waals surface area contributed by atoms with Gasteiger partial charge in [0, 0.05) is 18.3 Å². The Balaban J connectivity index is 1.88. The molecule has 0 saturated heterocycles. The Morgan fingerprint density at radius 1 is 1.26 bits per heavy atom. The molecule has 1 amide bonds. The number of hydrogen-bond acceptors (Lipinski definition) is 4. The lowest BCUT2D eigenvalue weighted by molar-refractivity contribution is 0.0956. The maximum atomic E-state index is 13.2. The molecule has 23 heavy (non-hydrogen) atoms. The van der Waals surface area contributed by atoms with Crippen molar-refractivity contribution >= 4 is 21.7 Å². The van der Waals surface area contributed by atoms with Crippen LogP contribution >= 0.6 is 0 Å². The van der Waals surface area contributed by atoms with E-state index in [0.717, 1.165) is 0 Å². The highest BCUT2D eigenvalue weighted by Crippen LogP contribution is 2.09. The first-order valence-electron chi connectivity index (χ1n) is 6.83. The molecule has 0 aliphatic heterocycles. The lowest BCUT2D eigenvalue weighted by atomic mass is 10.1. The first kappa shape index (κ1) is 16.9. The zero-order valence-corrected chi connectivity index (χ0v) is 13.2. The number of aromatic nitrogens is 1. The number of carbonyl (C=O) groups is 1. The number of anilines is 1. The van der Waals surface area contributed by atoms with Crippen LogP contribution in [-0.4, -0.2) is 31.6 Å². The van der Waals surface area contributed by atoms with Gasteiger partial charge >= 0.3 is 0 Å². The lowest BCUT2D eigenvalue weighted by Gasteiger charge is -2.08. The average Bonchev–Trinajstić information content (AvgIpc) is 2.50. The number of amides is 1. The normalized spacial score (nSPS) is 11.0. The Morgan fingerprint density at radius 2 is 2.04 bits per heavy atom. The van der Waals surface area contributed by atoms with Gasteiger partial charge in [0.25, 0.3) is 5.91 Å². The van der Waals surface area contributed by atoms with E-state index < -0.39 is 21.7 Å². The number of aryl methyl sites for hydroxylation is 1. The molecule has 6 nitrogen and oxygen atoms in total. The Kier molecular flexibility index (Phi) is 5.28. The van der Waals surface area contributed by atoms with Crippen molar-refractivity contribution in [3.05, 3.63) is 59.5 Å². The number of hydrogen-bond donors (Lipinski definition) is 2. The summed E-state index contributed by atoms with van der Waals surface area (Å²) in [6, 6.07) is 8.80. The minimum atomic E-state index is -3.61. The van der Waals surface area contributed by atoms with Crippen molar-refractivity contribution in [1.82, 2.24) is 10.3 Å². The summed E-state index contributed by atoms with van der Waals surface area (Å²) in [5, 5.41) is 2.49. The van der Waals surface area contributed by atoms with Crippen molar-refractivity contribution in [3.63, 3.8) is 0 Å². The van der Waals surface area contributed by atoms with Gasteiger partial charge in [0.15, 0.2) is 0 Å². The molecule has 0 spiro atoms. The minimum absolute atomic E-state index is 0.0720. The highest BCUT2D eigenvalue weighted by molar-refractivity contribution is 7.92. The predicted molar refractivity (Wildman–Crippen MR) is 85.1 cm³/mol. The van der Waals surface area contributed by atoms with Gasteiger partial charge in [-0.3, -0.25) is 9.52 Å². The van der Waals surface area contributed by atoms with Crippen LogP contribution in [-0.2, 0) is 10.0 Å². The summed E-state index contributed by atoms with van der Waals surface area (Å²) >= 11 is 0. The first-order chi connectivity index (χ1) is 10.9. The van der Waals surface area contributed by atoms with Gasteiger partial charge in [0.1, 0.15) is 11.6 Å². The van der Waals surface area contributed by atoms with Gasteiger partial charge in [-0.1, -0.05) is 6.07 Å². The van der Waals surface area contributed by atoms with Crippen LogP contribution < -0.4 is 10.0 Å². The monoisotopic (exact) mass is 337 g/mol. The minimum Gasteiger partial charge on any atom is -0.351 e. The number of nitrogens with one attached hydrogen (secondary N) is 2. The van der Waals surface area contributed by atoms with E-state index in [1.807, 2.05) is 0 Å². The van der Waals surface area contributed by atoms with Crippen LogP contribution in [0.15, 0.2) is 42.6 Å². The summed E-state index contributed by atoms with van der Waals surface area (Å²) in [5.74, 6) is -0.937. The van der Waals surface area contributed by atoms with Gasteiger partial charge in [-0.05, 0) is 42.8 Å². The number of pyridine rings is 1. The number of nitrogens with zero attached hydrogens (tertiary/aromatic N) is 1. The third-order valence-electron chi connectivity index (χ3n) is 3.00. The van der Waals surface area contributed by atoms with Crippen LogP contribution in [0.4, 0.5) is 10.2 Å². The number of halogens is 1. The van der Waals surface area contributed by atoms with Crippen LogP contribution in [0.1, 0.15) is 15.9 Å². The van der Waals surface area contributed by atoms with Gasteiger partial charge in [0.05, 0.1) is 5.75 Å². The fraction of sp³-hybridized carbons (Fsp3) is 0.200. The molecular weight excluding hydrogens is 321 g/mol. The smallest absolute Gasteiger partial charge is 0.251 e. The highest BCUT2D eigenvalue weighted by Gasteiger charge is 2.13. The first-order valence-corrected chi connectivity index (χ1v) is 8.48. The highest BCUT2D eigenvalue weighted by atomic mass is 32.2. The summed E-state index contributed by atoms with van der Waals surface area (Å²) in [6.07, 6.45) is 1.47. The van der Waals surface area contributed by atoms with Crippen molar-refractivity contribution < 1.29 is 17.6 Å². The molecule has 2 aromatic rings. The predicted octanol–water partition coefficient (Wildman–Crippen LogP) is 1.70.